The van der Waals surface area contributed by atoms with Crippen molar-refractivity contribution < 1.29 is 14.3 Å². The van der Waals surface area contributed by atoms with Crippen molar-refractivity contribution in [2.75, 3.05) is 11.9 Å². The second kappa shape index (κ2) is 8.87. The molecule has 0 radical (unpaired) electrons. The summed E-state index contributed by atoms with van der Waals surface area (Å²) >= 11 is 6.02. The molecule has 0 aliphatic rings. The van der Waals surface area contributed by atoms with Crippen molar-refractivity contribution in [3.8, 4) is 0 Å². The first kappa shape index (κ1) is 20.7. The molecule has 0 bridgehead atoms. The zero-order chi connectivity index (χ0) is 20.0. The predicted molar refractivity (Wildman–Crippen MR) is 110 cm³/mol. The summed E-state index contributed by atoms with van der Waals surface area (Å²) in [6.45, 7) is 8.44. The number of amides is 1. The van der Waals surface area contributed by atoms with Gasteiger partial charge in [0.05, 0.1) is 17.2 Å². The molecule has 0 saturated heterocycles. The molecule has 2 aromatic rings. The van der Waals surface area contributed by atoms with Crippen LogP contribution < -0.4 is 5.32 Å². The quantitative estimate of drug-likeness (QED) is 0.548. The Morgan fingerprint density at radius 2 is 1.78 bits per heavy atom. The highest BCUT2D eigenvalue weighted by Crippen LogP contribution is 2.23. The van der Waals surface area contributed by atoms with Crippen molar-refractivity contribution in [2.45, 2.75) is 33.1 Å². The van der Waals surface area contributed by atoms with Crippen LogP contribution in [0.5, 0.6) is 0 Å². The van der Waals surface area contributed by atoms with E-state index in [1.165, 1.54) is 17.7 Å². The van der Waals surface area contributed by atoms with Crippen LogP contribution in [0.3, 0.4) is 0 Å². The maximum Gasteiger partial charge on any atom is 0.339 e. The number of rotatable bonds is 5. The van der Waals surface area contributed by atoms with Crippen LogP contribution in [0.4, 0.5) is 5.69 Å². The van der Waals surface area contributed by atoms with Gasteiger partial charge < -0.3 is 10.1 Å². The van der Waals surface area contributed by atoms with E-state index in [9.17, 15) is 9.59 Å². The normalized spacial score (nSPS) is 11.4. The van der Waals surface area contributed by atoms with Crippen molar-refractivity contribution in [1.82, 2.24) is 0 Å². The summed E-state index contributed by atoms with van der Waals surface area (Å²) in [5.41, 5.74) is 2.95. The van der Waals surface area contributed by atoms with Crippen LogP contribution in [0.15, 0.2) is 48.5 Å². The van der Waals surface area contributed by atoms with E-state index in [1.54, 1.807) is 25.1 Å². The highest BCUT2D eigenvalue weighted by Gasteiger charge is 2.13. The van der Waals surface area contributed by atoms with Crippen LogP contribution in [-0.4, -0.2) is 18.5 Å². The molecule has 0 unspecified atom stereocenters. The number of nitrogens with one attached hydrogen (secondary N) is 1. The molecule has 1 amide bonds. The number of carbonyl (C=O) groups is 2. The first-order valence-electron chi connectivity index (χ1n) is 8.77. The summed E-state index contributed by atoms with van der Waals surface area (Å²) in [5, 5.41) is 3.00. The minimum absolute atomic E-state index is 0.0881. The topological polar surface area (TPSA) is 55.4 Å². The third-order valence-electron chi connectivity index (χ3n) is 3.93. The Labute approximate surface area is 165 Å². The molecule has 142 valence electrons. The number of hydrogen-bond donors (Lipinski definition) is 1. The van der Waals surface area contributed by atoms with E-state index in [0.717, 1.165) is 5.56 Å². The van der Waals surface area contributed by atoms with Gasteiger partial charge in [0.15, 0.2) is 0 Å². The van der Waals surface area contributed by atoms with Gasteiger partial charge in [-0.15, -0.1) is 0 Å². The number of hydrogen-bond acceptors (Lipinski definition) is 3. The Hall–Kier alpha value is -2.59. The molecule has 0 aliphatic carbocycles. The van der Waals surface area contributed by atoms with Gasteiger partial charge in [0, 0.05) is 11.8 Å². The lowest BCUT2D eigenvalue weighted by Crippen LogP contribution is -2.11. The highest BCUT2D eigenvalue weighted by molar-refractivity contribution is 6.33. The molecule has 2 rings (SSSR count). The average Bonchev–Trinajstić information content (AvgIpc) is 2.61. The second-order valence-electron chi connectivity index (χ2n) is 7.11. The fourth-order valence-electron chi connectivity index (χ4n) is 2.42. The van der Waals surface area contributed by atoms with E-state index < -0.39 is 5.97 Å². The molecule has 0 heterocycles. The fourth-order valence-corrected chi connectivity index (χ4v) is 2.61. The van der Waals surface area contributed by atoms with Gasteiger partial charge in [-0.2, -0.15) is 0 Å². The van der Waals surface area contributed by atoms with Crippen molar-refractivity contribution in [2.24, 2.45) is 0 Å². The molecule has 0 fully saturated rings. The zero-order valence-electron chi connectivity index (χ0n) is 16.0. The number of ether oxygens (including phenoxy) is 1. The van der Waals surface area contributed by atoms with Crippen LogP contribution in [0.1, 0.15) is 49.2 Å². The molecule has 0 aliphatic heterocycles. The number of benzene rings is 2. The van der Waals surface area contributed by atoms with Crippen molar-refractivity contribution in [3.05, 3.63) is 70.3 Å². The van der Waals surface area contributed by atoms with Gasteiger partial charge in [0.1, 0.15) is 0 Å². The average molecular weight is 386 g/mol. The predicted octanol–water partition coefficient (Wildman–Crippen LogP) is 5.47. The Morgan fingerprint density at radius 3 is 2.37 bits per heavy atom. The SMILES string of the molecule is CCOC(=O)c1cc(NC(=O)/C=C/c2ccc(C(C)(C)C)cc2)ccc1Cl. The van der Waals surface area contributed by atoms with Gasteiger partial charge in [-0.25, -0.2) is 4.79 Å². The van der Waals surface area contributed by atoms with Gasteiger partial charge in [-0.05, 0) is 47.7 Å². The maximum atomic E-state index is 12.2. The third kappa shape index (κ3) is 5.97. The first-order valence-corrected chi connectivity index (χ1v) is 9.15. The Kier molecular flexibility index (Phi) is 6.81. The summed E-state index contributed by atoms with van der Waals surface area (Å²) in [4.78, 5) is 24.0. The molecule has 1 N–H and O–H groups in total. The van der Waals surface area contributed by atoms with Crippen molar-refractivity contribution >= 4 is 35.2 Å². The monoisotopic (exact) mass is 385 g/mol. The Bertz CT molecular complexity index is 849. The summed E-state index contributed by atoms with van der Waals surface area (Å²) < 4.78 is 4.96. The van der Waals surface area contributed by atoms with Crippen LogP contribution >= 0.6 is 11.6 Å². The highest BCUT2D eigenvalue weighted by atomic mass is 35.5. The minimum atomic E-state index is -0.520. The standard InChI is InChI=1S/C22H24ClNO3/c1-5-27-21(26)18-14-17(11-12-19(18)23)24-20(25)13-8-15-6-9-16(10-7-15)22(2,3)4/h6-14H,5H2,1-4H3,(H,24,25)/b13-8+. The maximum absolute atomic E-state index is 12.2. The molecular formula is C22H24ClNO3. The summed E-state index contributed by atoms with van der Waals surface area (Å²) in [7, 11) is 0. The molecule has 0 spiro atoms. The van der Waals surface area contributed by atoms with E-state index in [-0.39, 0.29) is 28.5 Å². The van der Waals surface area contributed by atoms with Gasteiger partial charge >= 0.3 is 5.97 Å². The smallest absolute Gasteiger partial charge is 0.339 e. The lowest BCUT2D eigenvalue weighted by molar-refractivity contribution is -0.111. The van der Waals surface area contributed by atoms with Gasteiger partial charge in [0.25, 0.3) is 0 Å². The van der Waals surface area contributed by atoms with E-state index >= 15 is 0 Å². The summed E-state index contributed by atoms with van der Waals surface area (Å²) in [6.07, 6.45) is 3.19. The van der Waals surface area contributed by atoms with Crippen LogP contribution in [0, 0.1) is 0 Å². The fraction of sp³-hybridized carbons (Fsp3) is 0.273. The lowest BCUT2D eigenvalue weighted by Gasteiger charge is -2.18. The van der Waals surface area contributed by atoms with E-state index in [0.29, 0.717) is 5.69 Å². The Balaban J connectivity index is 2.06. The zero-order valence-corrected chi connectivity index (χ0v) is 16.8. The lowest BCUT2D eigenvalue weighted by atomic mass is 9.87. The number of halogens is 1. The largest absolute Gasteiger partial charge is 0.462 e. The second-order valence-corrected chi connectivity index (χ2v) is 7.52. The van der Waals surface area contributed by atoms with E-state index in [2.05, 4.69) is 38.2 Å². The van der Waals surface area contributed by atoms with E-state index in [4.69, 9.17) is 16.3 Å². The minimum Gasteiger partial charge on any atom is -0.462 e. The number of esters is 1. The number of anilines is 1. The van der Waals surface area contributed by atoms with Gasteiger partial charge in [-0.1, -0.05) is 56.6 Å². The molecular weight excluding hydrogens is 362 g/mol. The molecule has 0 atom stereocenters. The molecule has 2 aromatic carbocycles. The van der Waals surface area contributed by atoms with Crippen molar-refractivity contribution in [3.63, 3.8) is 0 Å². The van der Waals surface area contributed by atoms with Crippen molar-refractivity contribution in [1.29, 1.82) is 0 Å². The molecule has 27 heavy (non-hydrogen) atoms. The molecule has 4 nitrogen and oxygen atoms in total. The van der Waals surface area contributed by atoms with Crippen LogP contribution in [0.25, 0.3) is 6.08 Å². The summed E-state index contributed by atoms with van der Waals surface area (Å²) in [6, 6.07) is 12.8. The van der Waals surface area contributed by atoms with Crippen LogP contribution in [0.2, 0.25) is 5.02 Å². The first-order chi connectivity index (χ1) is 12.7. The van der Waals surface area contributed by atoms with Gasteiger partial charge in [0.2, 0.25) is 5.91 Å². The Morgan fingerprint density at radius 1 is 1.11 bits per heavy atom. The molecule has 0 aromatic heterocycles. The van der Waals surface area contributed by atoms with E-state index in [1.807, 2.05) is 12.1 Å². The molecule has 5 heteroatoms. The van der Waals surface area contributed by atoms with Crippen LogP contribution in [-0.2, 0) is 14.9 Å². The summed E-state index contributed by atoms with van der Waals surface area (Å²) in [5.74, 6) is -0.819. The van der Waals surface area contributed by atoms with Gasteiger partial charge in [-0.3, -0.25) is 4.79 Å². The molecule has 0 saturated carbocycles. The number of carbonyl (C=O) groups excluding carboxylic acids is 2. The third-order valence-corrected chi connectivity index (χ3v) is 4.26.